The number of carboxylic acids is 1. The van der Waals surface area contributed by atoms with Gasteiger partial charge in [0.25, 0.3) is 0 Å². The van der Waals surface area contributed by atoms with Crippen molar-refractivity contribution < 1.29 is 18.3 Å². The van der Waals surface area contributed by atoms with Crippen molar-refractivity contribution in [3.8, 4) is 0 Å². The second-order valence-electron chi connectivity index (χ2n) is 5.35. The van der Waals surface area contributed by atoms with E-state index in [2.05, 4.69) is 6.92 Å². The zero-order chi connectivity index (χ0) is 15.5. The topological polar surface area (TPSA) is 74.7 Å². The first kappa shape index (κ1) is 15.7. The third-order valence-corrected chi connectivity index (χ3v) is 5.44. The zero-order valence-corrected chi connectivity index (χ0v) is 12.7. The molecule has 114 valence electrons. The summed E-state index contributed by atoms with van der Waals surface area (Å²) in [7, 11) is -3.45. The maximum absolute atomic E-state index is 12.5. The summed E-state index contributed by atoms with van der Waals surface area (Å²) >= 11 is 0. The number of nitrogens with zero attached hydrogens (tertiary/aromatic N) is 1. The van der Waals surface area contributed by atoms with Gasteiger partial charge in [-0.15, -0.1) is 0 Å². The van der Waals surface area contributed by atoms with Gasteiger partial charge in [0, 0.05) is 19.2 Å². The molecule has 0 aliphatic carbocycles. The van der Waals surface area contributed by atoms with Crippen LogP contribution in [0.15, 0.2) is 35.2 Å². The molecule has 1 aromatic carbocycles. The highest BCUT2D eigenvalue weighted by Crippen LogP contribution is 2.23. The van der Waals surface area contributed by atoms with Gasteiger partial charge < -0.3 is 5.11 Å². The summed E-state index contributed by atoms with van der Waals surface area (Å²) in [5, 5.41) is 8.56. The molecule has 1 heterocycles. The molecule has 0 saturated carbocycles. The van der Waals surface area contributed by atoms with E-state index in [-0.39, 0.29) is 4.90 Å². The fourth-order valence-electron chi connectivity index (χ4n) is 2.43. The smallest absolute Gasteiger partial charge is 0.328 e. The van der Waals surface area contributed by atoms with Crippen molar-refractivity contribution >= 4 is 22.1 Å². The number of carboxylic acid groups (broad SMARTS) is 1. The molecule has 1 unspecified atom stereocenters. The summed E-state index contributed by atoms with van der Waals surface area (Å²) < 4.78 is 26.6. The van der Waals surface area contributed by atoms with Crippen molar-refractivity contribution in [3.63, 3.8) is 0 Å². The Kier molecular flexibility index (Phi) is 4.80. The highest BCUT2D eigenvalue weighted by atomic mass is 32.2. The largest absolute Gasteiger partial charge is 0.478 e. The van der Waals surface area contributed by atoms with Gasteiger partial charge in [0.05, 0.1) is 4.90 Å². The number of hydrogen-bond acceptors (Lipinski definition) is 3. The lowest BCUT2D eigenvalue weighted by molar-refractivity contribution is -0.131. The van der Waals surface area contributed by atoms with Gasteiger partial charge in [0.2, 0.25) is 10.0 Å². The Labute approximate surface area is 124 Å². The van der Waals surface area contributed by atoms with Crippen LogP contribution in [0.25, 0.3) is 6.08 Å². The Balaban J connectivity index is 2.19. The molecule has 1 N–H and O–H groups in total. The number of piperidine rings is 1. The van der Waals surface area contributed by atoms with Gasteiger partial charge in [-0.05, 0) is 42.5 Å². The minimum absolute atomic E-state index is 0.254. The predicted octanol–water partition coefficient (Wildman–Crippen LogP) is 2.21. The molecule has 6 heteroatoms. The van der Waals surface area contributed by atoms with Gasteiger partial charge in [-0.1, -0.05) is 19.1 Å². The Morgan fingerprint density at radius 3 is 2.57 bits per heavy atom. The van der Waals surface area contributed by atoms with Crippen LogP contribution in [0.3, 0.4) is 0 Å². The fourth-order valence-corrected chi connectivity index (χ4v) is 4.03. The minimum atomic E-state index is -3.45. The molecule has 1 fully saturated rings. The van der Waals surface area contributed by atoms with Gasteiger partial charge in [0.15, 0.2) is 0 Å². The minimum Gasteiger partial charge on any atom is -0.478 e. The van der Waals surface area contributed by atoms with E-state index in [1.165, 1.54) is 22.5 Å². The standard InChI is InChI=1S/C15H19NO4S/c1-12-3-2-10-16(11-12)21(19,20)14-7-4-13(5-8-14)6-9-15(17)18/h4-9,12H,2-3,10-11H2,1H3,(H,17,18)/b9-6+. The maximum Gasteiger partial charge on any atom is 0.328 e. The Hall–Kier alpha value is -1.66. The second-order valence-corrected chi connectivity index (χ2v) is 7.29. The number of rotatable bonds is 4. The molecule has 0 spiro atoms. The Bertz CT molecular complexity index is 634. The quantitative estimate of drug-likeness (QED) is 0.865. The molecule has 2 rings (SSSR count). The summed E-state index contributed by atoms with van der Waals surface area (Å²) in [6, 6.07) is 6.27. The molecule has 21 heavy (non-hydrogen) atoms. The molecule has 1 atom stereocenters. The lowest BCUT2D eigenvalue weighted by atomic mass is 10.0. The molecule has 1 aromatic rings. The average molecular weight is 309 g/mol. The van der Waals surface area contributed by atoms with Gasteiger partial charge in [-0.3, -0.25) is 0 Å². The van der Waals surface area contributed by atoms with Crippen molar-refractivity contribution in [1.29, 1.82) is 0 Å². The van der Waals surface area contributed by atoms with Crippen molar-refractivity contribution in [3.05, 3.63) is 35.9 Å². The van der Waals surface area contributed by atoms with Crippen LogP contribution in [0.5, 0.6) is 0 Å². The summed E-state index contributed by atoms with van der Waals surface area (Å²) in [4.78, 5) is 10.7. The van der Waals surface area contributed by atoms with E-state index >= 15 is 0 Å². The van der Waals surface area contributed by atoms with E-state index in [4.69, 9.17) is 5.11 Å². The number of sulfonamides is 1. The van der Waals surface area contributed by atoms with Gasteiger partial charge in [-0.25, -0.2) is 13.2 Å². The van der Waals surface area contributed by atoms with Crippen LogP contribution in [-0.4, -0.2) is 36.9 Å². The van der Waals surface area contributed by atoms with Crippen LogP contribution in [0.2, 0.25) is 0 Å². The van der Waals surface area contributed by atoms with E-state index in [9.17, 15) is 13.2 Å². The van der Waals surface area contributed by atoms with Crippen LogP contribution in [0.1, 0.15) is 25.3 Å². The normalized spacial score (nSPS) is 20.7. The van der Waals surface area contributed by atoms with E-state index in [0.717, 1.165) is 18.9 Å². The van der Waals surface area contributed by atoms with Crippen LogP contribution in [-0.2, 0) is 14.8 Å². The fraction of sp³-hybridized carbons (Fsp3) is 0.400. The van der Waals surface area contributed by atoms with Gasteiger partial charge >= 0.3 is 5.97 Å². The number of carbonyl (C=O) groups is 1. The van der Waals surface area contributed by atoms with Gasteiger partial charge in [-0.2, -0.15) is 4.31 Å². The van der Waals surface area contributed by atoms with E-state index in [1.54, 1.807) is 12.1 Å². The molecule has 0 amide bonds. The second kappa shape index (κ2) is 6.41. The first-order valence-corrected chi connectivity index (χ1v) is 8.35. The third-order valence-electron chi connectivity index (χ3n) is 3.56. The monoisotopic (exact) mass is 309 g/mol. The van der Waals surface area contributed by atoms with Crippen molar-refractivity contribution in [1.82, 2.24) is 4.31 Å². The number of benzene rings is 1. The van der Waals surface area contributed by atoms with Crippen molar-refractivity contribution in [2.75, 3.05) is 13.1 Å². The molecule has 1 aliphatic rings. The van der Waals surface area contributed by atoms with Crippen LogP contribution < -0.4 is 0 Å². The molecule has 0 bridgehead atoms. The van der Waals surface area contributed by atoms with Crippen LogP contribution in [0.4, 0.5) is 0 Å². The predicted molar refractivity (Wildman–Crippen MR) is 80.3 cm³/mol. The molecule has 1 saturated heterocycles. The van der Waals surface area contributed by atoms with E-state index < -0.39 is 16.0 Å². The zero-order valence-electron chi connectivity index (χ0n) is 11.9. The van der Waals surface area contributed by atoms with Crippen LogP contribution in [0, 0.1) is 5.92 Å². The first-order chi connectivity index (χ1) is 9.89. The summed E-state index contributed by atoms with van der Waals surface area (Å²) in [6.07, 6.45) is 4.41. The SMILES string of the molecule is CC1CCCN(S(=O)(=O)c2ccc(/C=C/C(=O)O)cc2)C1. The first-order valence-electron chi connectivity index (χ1n) is 6.91. The van der Waals surface area contributed by atoms with Crippen LogP contribution >= 0.6 is 0 Å². The lowest BCUT2D eigenvalue weighted by Gasteiger charge is -2.30. The third kappa shape index (κ3) is 3.92. The molecular formula is C15H19NO4S. The highest BCUT2D eigenvalue weighted by Gasteiger charge is 2.28. The van der Waals surface area contributed by atoms with E-state index in [1.807, 2.05) is 0 Å². The summed E-state index contributed by atoms with van der Waals surface area (Å²) in [6.45, 7) is 3.18. The summed E-state index contributed by atoms with van der Waals surface area (Å²) in [5.41, 5.74) is 0.656. The Morgan fingerprint density at radius 1 is 1.33 bits per heavy atom. The Morgan fingerprint density at radius 2 is 2.00 bits per heavy atom. The van der Waals surface area contributed by atoms with Crippen molar-refractivity contribution in [2.24, 2.45) is 5.92 Å². The highest BCUT2D eigenvalue weighted by molar-refractivity contribution is 7.89. The molecular weight excluding hydrogens is 290 g/mol. The van der Waals surface area contributed by atoms with Crippen molar-refractivity contribution in [2.45, 2.75) is 24.7 Å². The molecule has 0 aromatic heterocycles. The molecule has 0 radical (unpaired) electrons. The molecule has 1 aliphatic heterocycles. The molecule has 5 nitrogen and oxygen atoms in total. The average Bonchev–Trinajstić information content (AvgIpc) is 2.45. The van der Waals surface area contributed by atoms with E-state index in [0.29, 0.717) is 24.6 Å². The lowest BCUT2D eigenvalue weighted by Crippen LogP contribution is -2.39. The number of hydrogen-bond donors (Lipinski definition) is 1. The van der Waals surface area contributed by atoms with Gasteiger partial charge in [0.1, 0.15) is 0 Å². The summed E-state index contributed by atoms with van der Waals surface area (Å²) in [5.74, 6) is -0.652. The maximum atomic E-state index is 12.5. The number of aliphatic carboxylic acids is 1.